The predicted octanol–water partition coefficient (Wildman–Crippen LogP) is 2.86. The van der Waals surface area contributed by atoms with Crippen LogP contribution in [0.1, 0.15) is 0 Å². The molecule has 2 aromatic heterocycles. The lowest BCUT2D eigenvalue weighted by atomic mass is 10.2. The number of nitrogens with two attached hydrogens (primary N) is 1. The van der Waals surface area contributed by atoms with Crippen molar-refractivity contribution in [1.29, 1.82) is 0 Å². The number of hydrogen-bond acceptors (Lipinski definition) is 6. The van der Waals surface area contributed by atoms with Gasteiger partial charge in [-0.05, 0) is 56.9 Å². The molecule has 0 aliphatic carbocycles. The Labute approximate surface area is 140 Å². The van der Waals surface area contributed by atoms with Gasteiger partial charge in [-0.15, -0.1) is 5.10 Å². The molecule has 1 aromatic carbocycles. The number of halogens is 2. The summed E-state index contributed by atoms with van der Waals surface area (Å²) in [6, 6.07) is 5.91. The zero-order valence-corrected chi connectivity index (χ0v) is 14.8. The summed E-state index contributed by atoms with van der Waals surface area (Å²) >= 11 is 7.18. The normalized spacial score (nSPS) is 11.2. The van der Waals surface area contributed by atoms with E-state index in [1.54, 1.807) is 0 Å². The van der Waals surface area contributed by atoms with Crippen molar-refractivity contribution in [3.8, 4) is 11.4 Å². The standard InChI is InChI=1S/C11H8BrIN6S/c1-20-11-16-9(14)19-10(17-11)15-8(18-19)7-5(12)3-2-4-6(7)13/h2-4H,1H3,(H2,14,15,16,17,18). The Morgan fingerprint density at radius 2 is 2.10 bits per heavy atom. The minimum atomic E-state index is 0.278. The molecule has 3 rings (SSSR count). The van der Waals surface area contributed by atoms with Crippen LogP contribution in [0.2, 0.25) is 0 Å². The van der Waals surface area contributed by atoms with Gasteiger partial charge in [-0.3, -0.25) is 0 Å². The summed E-state index contributed by atoms with van der Waals surface area (Å²) in [4.78, 5) is 12.9. The van der Waals surface area contributed by atoms with Crippen LogP contribution in [0, 0.1) is 3.57 Å². The van der Waals surface area contributed by atoms with Crippen molar-refractivity contribution in [1.82, 2.24) is 24.6 Å². The van der Waals surface area contributed by atoms with Crippen LogP contribution in [-0.2, 0) is 0 Å². The van der Waals surface area contributed by atoms with Crippen LogP contribution in [0.5, 0.6) is 0 Å². The molecule has 0 bridgehead atoms. The van der Waals surface area contributed by atoms with Crippen LogP contribution in [0.25, 0.3) is 17.2 Å². The van der Waals surface area contributed by atoms with Gasteiger partial charge in [-0.25, -0.2) is 0 Å². The minimum absolute atomic E-state index is 0.278. The average Bonchev–Trinajstić information content (AvgIpc) is 2.82. The topological polar surface area (TPSA) is 82.0 Å². The van der Waals surface area contributed by atoms with E-state index in [2.05, 4.69) is 58.6 Å². The van der Waals surface area contributed by atoms with E-state index in [1.165, 1.54) is 16.3 Å². The molecule has 3 aromatic rings. The Hall–Kier alpha value is -0.940. The molecule has 0 unspecified atom stereocenters. The number of benzene rings is 1. The van der Waals surface area contributed by atoms with Gasteiger partial charge in [0.05, 0.1) is 0 Å². The number of anilines is 1. The zero-order valence-electron chi connectivity index (χ0n) is 10.2. The quantitative estimate of drug-likeness (QED) is 0.465. The number of nitrogens with zero attached hydrogens (tertiary/aromatic N) is 5. The molecule has 0 atom stereocenters. The molecule has 0 fully saturated rings. The molecule has 0 saturated carbocycles. The second-order valence-electron chi connectivity index (χ2n) is 3.81. The summed E-state index contributed by atoms with van der Waals surface area (Å²) in [5.41, 5.74) is 6.80. The van der Waals surface area contributed by atoms with Crippen LogP contribution < -0.4 is 5.73 Å². The highest BCUT2D eigenvalue weighted by Gasteiger charge is 2.16. The summed E-state index contributed by atoms with van der Waals surface area (Å²) in [6.45, 7) is 0. The summed E-state index contributed by atoms with van der Waals surface area (Å²) < 4.78 is 3.42. The lowest BCUT2D eigenvalue weighted by Crippen LogP contribution is -2.04. The number of hydrogen-bond donors (Lipinski definition) is 1. The van der Waals surface area contributed by atoms with Gasteiger partial charge in [0.2, 0.25) is 5.95 Å². The SMILES string of the molecule is CSc1nc(N)n2nc(-c3c(Br)cccc3I)nc2n1. The van der Waals surface area contributed by atoms with Crippen LogP contribution >= 0.6 is 50.3 Å². The van der Waals surface area contributed by atoms with E-state index in [0.717, 1.165) is 13.6 Å². The highest BCUT2D eigenvalue weighted by Crippen LogP contribution is 2.30. The van der Waals surface area contributed by atoms with E-state index in [-0.39, 0.29) is 5.95 Å². The third kappa shape index (κ3) is 2.37. The largest absolute Gasteiger partial charge is 0.368 e. The average molecular weight is 463 g/mol. The Kier molecular flexibility index (Phi) is 3.82. The third-order valence-electron chi connectivity index (χ3n) is 2.58. The molecule has 0 amide bonds. The number of nitrogen functional groups attached to an aromatic ring is 1. The van der Waals surface area contributed by atoms with Gasteiger partial charge in [0.1, 0.15) is 0 Å². The molecule has 2 N–H and O–H groups in total. The molecule has 6 nitrogen and oxygen atoms in total. The van der Waals surface area contributed by atoms with E-state index >= 15 is 0 Å². The maximum Gasteiger partial charge on any atom is 0.258 e. The van der Waals surface area contributed by atoms with Crippen molar-refractivity contribution in [2.45, 2.75) is 5.16 Å². The summed E-state index contributed by atoms with van der Waals surface area (Å²) in [5.74, 6) is 1.30. The first-order chi connectivity index (χ1) is 9.60. The second-order valence-corrected chi connectivity index (χ2v) is 6.60. The van der Waals surface area contributed by atoms with Gasteiger partial charge in [-0.2, -0.15) is 19.5 Å². The van der Waals surface area contributed by atoms with Gasteiger partial charge in [0.15, 0.2) is 11.0 Å². The highest BCUT2D eigenvalue weighted by atomic mass is 127. The summed E-state index contributed by atoms with van der Waals surface area (Å²) in [7, 11) is 0. The molecule has 2 heterocycles. The molecule has 0 aliphatic heterocycles. The first-order valence-corrected chi connectivity index (χ1v) is 8.58. The molecule has 0 spiro atoms. The van der Waals surface area contributed by atoms with Crippen LogP contribution in [0.3, 0.4) is 0 Å². The lowest BCUT2D eigenvalue weighted by Gasteiger charge is -2.01. The van der Waals surface area contributed by atoms with Crippen molar-refractivity contribution in [3.63, 3.8) is 0 Å². The minimum Gasteiger partial charge on any atom is -0.368 e. The van der Waals surface area contributed by atoms with E-state index in [9.17, 15) is 0 Å². The van der Waals surface area contributed by atoms with Crippen molar-refractivity contribution in [3.05, 3.63) is 26.2 Å². The highest BCUT2D eigenvalue weighted by molar-refractivity contribution is 14.1. The fraction of sp³-hybridized carbons (Fsp3) is 0.0909. The van der Waals surface area contributed by atoms with E-state index in [4.69, 9.17) is 5.73 Å². The molecule has 102 valence electrons. The molecule has 0 aliphatic rings. The van der Waals surface area contributed by atoms with E-state index in [0.29, 0.717) is 16.8 Å². The van der Waals surface area contributed by atoms with E-state index in [1.807, 2.05) is 24.5 Å². The summed E-state index contributed by atoms with van der Waals surface area (Å²) in [5, 5.41) is 4.97. The zero-order chi connectivity index (χ0) is 14.3. The lowest BCUT2D eigenvalue weighted by molar-refractivity contribution is 0.851. The smallest absolute Gasteiger partial charge is 0.258 e. The molecule has 0 saturated heterocycles. The van der Waals surface area contributed by atoms with Crippen LogP contribution in [0.4, 0.5) is 5.95 Å². The number of rotatable bonds is 2. The fourth-order valence-electron chi connectivity index (χ4n) is 1.69. The van der Waals surface area contributed by atoms with Crippen molar-refractivity contribution >= 4 is 62.0 Å². The third-order valence-corrected chi connectivity index (χ3v) is 4.69. The Morgan fingerprint density at radius 1 is 1.30 bits per heavy atom. The monoisotopic (exact) mass is 462 g/mol. The van der Waals surface area contributed by atoms with Gasteiger partial charge in [-0.1, -0.05) is 17.8 Å². The van der Waals surface area contributed by atoms with Gasteiger partial charge in [0.25, 0.3) is 5.78 Å². The number of fused-ring (bicyclic) bond motifs is 1. The molecule has 0 radical (unpaired) electrons. The first-order valence-electron chi connectivity index (χ1n) is 5.49. The Bertz CT molecular complexity index is 785. The van der Waals surface area contributed by atoms with Crippen molar-refractivity contribution < 1.29 is 0 Å². The summed E-state index contributed by atoms with van der Waals surface area (Å²) in [6.07, 6.45) is 1.89. The second kappa shape index (κ2) is 5.45. The first kappa shape index (κ1) is 14.0. The Morgan fingerprint density at radius 3 is 2.80 bits per heavy atom. The van der Waals surface area contributed by atoms with Crippen molar-refractivity contribution in [2.75, 3.05) is 12.0 Å². The maximum absolute atomic E-state index is 5.88. The van der Waals surface area contributed by atoms with E-state index < -0.39 is 0 Å². The fourth-order valence-corrected chi connectivity index (χ4v) is 3.71. The predicted molar refractivity (Wildman–Crippen MR) is 90.6 cm³/mol. The van der Waals surface area contributed by atoms with Gasteiger partial charge < -0.3 is 5.73 Å². The van der Waals surface area contributed by atoms with Crippen molar-refractivity contribution in [2.24, 2.45) is 0 Å². The maximum atomic E-state index is 5.88. The van der Waals surface area contributed by atoms with Gasteiger partial charge >= 0.3 is 0 Å². The van der Waals surface area contributed by atoms with Crippen LogP contribution in [-0.4, -0.2) is 30.8 Å². The van der Waals surface area contributed by atoms with Gasteiger partial charge in [0, 0.05) is 13.6 Å². The molecule has 9 heteroatoms. The molecular formula is C11H8BrIN6S. The van der Waals surface area contributed by atoms with Crippen LogP contribution in [0.15, 0.2) is 27.8 Å². The Balaban J connectivity index is 2.26. The molecule has 20 heavy (non-hydrogen) atoms. The number of thioether (sulfide) groups is 1. The number of aromatic nitrogens is 5. The molecular weight excluding hydrogens is 455 g/mol.